The predicted octanol–water partition coefficient (Wildman–Crippen LogP) is 2.95. The molecule has 3 aliphatic rings. The minimum atomic E-state index is -0.282. The molecule has 4 heterocycles. The van der Waals surface area contributed by atoms with Crippen molar-refractivity contribution in [2.75, 3.05) is 18.7 Å². The summed E-state index contributed by atoms with van der Waals surface area (Å²) in [4.78, 5) is 33.0. The molecule has 5 nitrogen and oxygen atoms in total. The Morgan fingerprint density at radius 2 is 1.97 bits per heavy atom. The van der Waals surface area contributed by atoms with E-state index >= 15 is 0 Å². The molecule has 1 fully saturated rings. The van der Waals surface area contributed by atoms with Gasteiger partial charge in [-0.25, -0.2) is 4.39 Å². The maximum absolute atomic E-state index is 13.4. The minimum Gasteiger partial charge on any atom is -0.278 e. The molecule has 3 aliphatic heterocycles. The van der Waals surface area contributed by atoms with E-state index in [0.717, 1.165) is 28.5 Å². The van der Waals surface area contributed by atoms with Crippen LogP contribution in [0.2, 0.25) is 0 Å². The second-order valence-corrected chi connectivity index (χ2v) is 8.31. The summed E-state index contributed by atoms with van der Waals surface area (Å²) >= 11 is 1.78. The second kappa shape index (κ2) is 6.93. The third-order valence-corrected chi connectivity index (χ3v) is 6.69. The quantitative estimate of drug-likeness (QED) is 0.733. The number of nitrogens with zero attached hydrogens (tertiary/aromatic N) is 3. The van der Waals surface area contributed by atoms with Gasteiger partial charge >= 0.3 is 0 Å². The van der Waals surface area contributed by atoms with Crippen molar-refractivity contribution in [2.45, 2.75) is 12.1 Å². The molecule has 0 N–H and O–H groups in total. The van der Waals surface area contributed by atoms with Crippen LogP contribution in [-0.4, -0.2) is 57.4 Å². The zero-order valence-corrected chi connectivity index (χ0v) is 16.5. The Morgan fingerprint density at radius 1 is 1.14 bits per heavy atom. The van der Waals surface area contributed by atoms with Gasteiger partial charge in [0.15, 0.2) is 0 Å². The van der Waals surface area contributed by atoms with Crippen molar-refractivity contribution in [3.05, 3.63) is 71.3 Å². The van der Waals surface area contributed by atoms with Crippen LogP contribution in [0.3, 0.4) is 0 Å². The lowest BCUT2D eigenvalue weighted by molar-refractivity contribution is -0.136. The van der Waals surface area contributed by atoms with Gasteiger partial charge in [-0.15, -0.1) is 11.8 Å². The van der Waals surface area contributed by atoms with Crippen LogP contribution in [0.1, 0.15) is 5.69 Å². The number of hydrogen-bond acceptors (Lipinski definition) is 5. The lowest BCUT2D eigenvalue weighted by Gasteiger charge is -2.25. The molecule has 0 bridgehead atoms. The van der Waals surface area contributed by atoms with E-state index in [1.54, 1.807) is 31.1 Å². The summed E-state index contributed by atoms with van der Waals surface area (Å²) in [7, 11) is 1.54. The van der Waals surface area contributed by atoms with E-state index in [4.69, 9.17) is 0 Å². The molecular weight excluding hydrogens is 389 g/mol. The fourth-order valence-electron chi connectivity index (χ4n) is 4.18. The predicted molar refractivity (Wildman–Crippen MR) is 110 cm³/mol. The number of amides is 2. The van der Waals surface area contributed by atoms with Crippen LogP contribution in [0.4, 0.5) is 4.39 Å². The van der Waals surface area contributed by atoms with E-state index in [9.17, 15) is 14.0 Å². The van der Waals surface area contributed by atoms with E-state index in [0.29, 0.717) is 11.1 Å². The molecule has 2 atom stereocenters. The van der Waals surface area contributed by atoms with Crippen LogP contribution in [-0.2, 0) is 9.59 Å². The van der Waals surface area contributed by atoms with E-state index in [1.165, 1.54) is 17.0 Å². The molecule has 0 spiro atoms. The van der Waals surface area contributed by atoms with Crippen LogP contribution in [0.25, 0.3) is 17.2 Å². The van der Waals surface area contributed by atoms with Gasteiger partial charge in [0.25, 0.3) is 11.8 Å². The first-order valence-corrected chi connectivity index (χ1v) is 10.5. The summed E-state index contributed by atoms with van der Waals surface area (Å²) in [5.41, 5.74) is 3.62. The molecule has 1 aromatic carbocycles. The number of carbonyl (C=O) groups is 2. The van der Waals surface area contributed by atoms with Gasteiger partial charge in [-0.2, -0.15) is 0 Å². The highest BCUT2D eigenvalue weighted by Gasteiger charge is 2.52. The van der Waals surface area contributed by atoms with Crippen molar-refractivity contribution in [2.24, 2.45) is 0 Å². The number of fused-ring (bicyclic) bond motifs is 2. The van der Waals surface area contributed by atoms with Gasteiger partial charge < -0.3 is 0 Å². The van der Waals surface area contributed by atoms with E-state index in [2.05, 4.69) is 9.88 Å². The summed E-state index contributed by atoms with van der Waals surface area (Å²) < 4.78 is 13.4. The van der Waals surface area contributed by atoms with Crippen molar-refractivity contribution in [1.82, 2.24) is 14.8 Å². The van der Waals surface area contributed by atoms with Crippen LogP contribution in [0.5, 0.6) is 0 Å². The zero-order chi connectivity index (χ0) is 20.1. The first-order chi connectivity index (χ1) is 14.0. The standard InChI is InChI=1S/C22H18FN3O2S/c1-25-21(27)19-17(26-12-29-11-18(26)20(19)22(25)28)8-7-16-6-5-14(10-24-16)13-3-2-4-15(23)9-13/h2-10,17-18H,11-12H2,1H3/b8-7+. The maximum Gasteiger partial charge on any atom is 0.258 e. The van der Waals surface area contributed by atoms with Crippen molar-refractivity contribution in [1.29, 1.82) is 0 Å². The Bertz CT molecular complexity index is 1080. The Hall–Kier alpha value is -2.77. The summed E-state index contributed by atoms with van der Waals surface area (Å²) in [6, 6.07) is 9.96. The van der Waals surface area contributed by atoms with Crippen molar-refractivity contribution >= 4 is 29.7 Å². The molecule has 1 saturated heterocycles. The zero-order valence-electron chi connectivity index (χ0n) is 15.7. The summed E-state index contributed by atoms with van der Waals surface area (Å²) in [5, 5.41) is 0. The topological polar surface area (TPSA) is 53.5 Å². The highest BCUT2D eigenvalue weighted by Crippen LogP contribution is 2.43. The number of thioether (sulfide) groups is 1. The van der Waals surface area contributed by atoms with Crippen molar-refractivity contribution in [3.63, 3.8) is 0 Å². The third kappa shape index (κ3) is 2.92. The lowest BCUT2D eigenvalue weighted by Crippen LogP contribution is -2.41. The van der Waals surface area contributed by atoms with E-state index < -0.39 is 0 Å². The largest absolute Gasteiger partial charge is 0.278 e. The number of benzene rings is 1. The number of aromatic nitrogens is 1. The summed E-state index contributed by atoms with van der Waals surface area (Å²) in [6.07, 6.45) is 5.54. The van der Waals surface area contributed by atoms with Crippen LogP contribution in [0, 0.1) is 5.82 Å². The van der Waals surface area contributed by atoms with Gasteiger partial charge in [0.1, 0.15) is 5.82 Å². The fraction of sp³-hybridized carbons (Fsp3) is 0.227. The Kier molecular flexibility index (Phi) is 4.37. The Labute approximate surface area is 171 Å². The molecule has 146 valence electrons. The number of likely N-dealkylation sites (N-methyl/N-ethyl adjacent to an activating group) is 1. The number of imide groups is 1. The SMILES string of the molecule is CN1C(=O)C2=C(C1=O)C1CSCN1C2/C=C/c1ccc(-c2cccc(F)c2)cn1. The molecule has 2 unspecified atom stereocenters. The number of carbonyl (C=O) groups excluding carboxylic acids is 2. The summed E-state index contributed by atoms with van der Waals surface area (Å²) in [5.74, 6) is 0.972. The van der Waals surface area contributed by atoms with Crippen LogP contribution >= 0.6 is 11.8 Å². The van der Waals surface area contributed by atoms with Crippen molar-refractivity contribution < 1.29 is 14.0 Å². The second-order valence-electron chi connectivity index (χ2n) is 7.31. The molecular formula is C22H18FN3O2S. The Balaban J connectivity index is 1.42. The molecule has 2 amide bonds. The highest BCUT2D eigenvalue weighted by molar-refractivity contribution is 7.99. The average Bonchev–Trinajstić information content (AvgIpc) is 3.37. The van der Waals surface area contributed by atoms with Gasteiger partial charge in [0.05, 0.1) is 17.8 Å². The molecule has 29 heavy (non-hydrogen) atoms. The number of halogens is 1. The number of pyridine rings is 1. The number of rotatable bonds is 3. The molecule has 7 heteroatoms. The first kappa shape index (κ1) is 18.3. The average molecular weight is 407 g/mol. The lowest BCUT2D eigenvalue weighted by atomic mass is 10.0. The fourth-order valence-corrected chi connectivity index (χ4v) is 5.41. The molecule has 1 aromatic heterocycles. The minimum absolute atomic E-state index is 0.00867. The first-order valence-electron chi connectivity index (χ1n) is 9.35. The molecule has 0 radical (unpaired) electrons. The Morgan fingerprint density at radius 3 is 2.72 bits per heavy atom. The summed E-state index contributed by atoms with van der Waals surface area (Å²) in [6.45, 7) is 0. The molecule has 2 aromatic rings. The molecule has 0 aliphatic carbocycles. The van der Waals surface area contributed by atoms with Gasteiger partial charge in [0.2, 0.25) is 0 Å². The van der Waals surface area contributed by atoms with Crippen LogP contribution in [0.15, 0.2) is 59.8 Å². The number of hydrogen-bond donors (Lipinski definition) is 0. The molecule has 5 rings (SSSR count). The van der Waals surface area contributed by atoms with Crippen molar-refractivity contribution in [3.8, 4) is 11.1 Å². The smallest absolute Gasteiger partial charge is 0.258 e. The van der Waals surface area contributed by atoms with Gasteiger partial charge in [-0.05, 0) is 29.8 Å². The van der Waals surface area contributed by atoms with Gasteiger partial charge in [0, 0.05) is 41.6 Å². The van der Waals surface area contributed by atoms with E-state index in [1.807, 2.05) is 30.4 Å². The monoisotopic (exact) mass is 407 g/mol. The molecule has 0 saturated carbocycles. The third-order valence-electron chi connectivity index (χ3n) is 5.66. The van der Waals surface area contributed by atoms with Gasteiger partial charge in [-0.3, -0.25) is 24.4 Å². The highest BCUT2D eigenvalue weighted by atomic mass is 32.2. The van der Waals surface area contributed by atoms with E-state index in [-0.39, 0.29) is 29.7 Å². The van der Waals surface area contributed by atoms with Gasteiger partial charge in [-0.1, -0.05) is 24.3 Å². The maximum atomic E-state index is 13.4. The van der Waals surface area contributed by atoms with Crippen LogP contribution < -0.4 is 0 Å². The normalized spacial score (nSPS) is 24.1.